The van der Waals surface area contributed by atoms with Crippen LogP contribution in [0.25, 0.3) is 6.08 Å². The molecular formula is C20H20ClNO2. The molecule has 0 fully saturated rings. The van der Waals surface area contributed by atoms with Crippen LogP contribution in [0.3, 0.4) is 0 Å². The number of nitrogens with one attached hydrogen (secondary N) is 1. The van der Waals surface area contributed by atoms with Gasteiger partial charge in [0.1, 0.15) is 11.4 Å². The Kier molecular flexibility index (Phi) is 4.63. The van der Waals surface area contributed by atoms with Crippen LogP contribution in [0.4, 0.5) is 0 Å². The predicted octanol–water partition coefficient (Wildman–Crippen LogP) is 4.77. The van der Waals surface area contributed by atoms with Crippen molar-refractivity contribution >= 4 is 23.6 Å². The predicted molar refractivity (Wildman–Crippen MR) is 97.1 cm³/mol. The van der Waals surface area contributed by atoms with Gasteiger partial charge in [0.2, 0.25) is 5.91 Å². The van der Waals surface area contributed by atoms with Crippen LogP contribution >= 0.6 is 11.6 Å². The van der Waals surface area contributed by atoms with Crippen LogP contribution in [0.15, 0.2) is 54.6 Å². The molecule has 124 valence electrons. The van der Waals surface area contributed by atoms with Crippen LogP contribution in [0.5, 0.6) is 5.75 Å². The van der Waals surface area contributed by atoms with Crippen molar-refractivity contribution in [2.24, 2.45) is 0 Å². The zero-order chi connectivity index (χ0) is 17.2. The fraction of sp³-hybridized carbons (Fsp3) is 0.250. The molecule has 3 nitrogen and oxygen atoms in total. The van der Waals surface area contributed by atoms with Gasteiger partial charge in [-0.1, -0.05) is 41.9 Å². The van der Waals surface area contributed by atoms with Gasteiger partial charge in [0, 0.05) is 23.1 Å². The maximum absolute atomic E-state index is 12.3. The van der Waals surface area contributed by atoms with Crippen LogP contribution in [0.2, 0.25) is 5.02 Å². The fourth-order valence-corrected chi connectivity index (χ4v) is 3.02. The van der Waals surface area contributed by atoms with Crippen molar-refractivity contribution in [3.05, 3.63) is 70.8 Å². The maximum atomic E-state index is 12.3. The van der Waals surface area contributed by atoms with Gasteiger partial charge in [0.05, 0.1) is 6.04 Å². The minimum atomic E-state index is -0.313. The van der Waals surface area contributed by atoms with Gasteiger partial charge in [0.15, 0.2) is 0 Å². The number of halogens is 1. The highest BCUT2D eigenvalue weighted by Crippen LogP contribution is 2.39. The summed E-state index contributed by atoms with van der Waals surface area (Å²) in [5.74, 6) is 0.711. The van der Waals surface area contributed by atoms with E-state index in [1.807, 2.05) is 50.2 Å². The number of rotatable bonds is 3. The van der Waals surface area contributed by atoms with E-state index in [4.69, 9.17) is 16.3 Å². The number of hydrogen-bond donors (Lipinski definition) is 1. The molecule has 0 radical (unpaired) electrons. The van der Waals surface area contributed by atoms with Crippen LogP contribution in [-0.2, 0) is 4.79 Å². The van der Waals surface area contributed by atoms with Gasteiger partial charge in [-0.25, -0.2) is 0 Å². The second-order valence-electron chi connectivity index (χ2n) is 6.55. The van der Waals surface area contributed by atoms with Crippen LogP contribution in [-0.4, -0.2) is 11.5 Å². The van der Waals surface area contributed by atoms with E-state index in [1.165, 1.54) is 0 Å². The van der Waals surface area contributed by atoms with Gasteiger partial charge in [-0.2, -0.15) is 0 Å². The van der Waals surface area contributed by atoms with E-state index in [1.54, 1.807) is 24.3 Å². The Labute approximate surface area is 147 Å². The summed E-state index contributed by atoms with van der Waals surface area (Å²) in [4.78, 5) is 12.3. The fourth-order valence-electron chi connectivity index (χ4n) is 2.90. The summed E-state index contributed by atoms with van der Waals surface area (Å²) in [6, 6.07) is 15.1. The van der Waals surface area contributed by atoms with Crippen molar-refractivity contribution < 1.29 is 9.53 Å². The van der Waals surface area contributed by atoms with E-state index < -0.39 is 0 Å². The Morgan fingerprint density at radius 3 is 2.67 bits per heavy atom. The molecule has 0 spiro atoms. The lowest BCUT2D eigenvalue weighted by Gasteiger charge is -2.37. The molecule has 1 amide bonds. The molecule has 1 atom stereocenters. The summed E-state index contributed by atoms with van der Waals surface area (Å²) in [6.45, 7) is 4.07. The Bertz CT molecular complexity index is 765. The van der Waals surface area contributed by atoms with E-state index in [0.717, 1.165) is 23.3 Å². The SMILES string of the molecule is CC1(C)CC(NC(=O)/C=C/c2ccc(Cl)cc2)c2ccccc2O1. The summed E-state index contributed by atoms with van der Waals surface area (Å²) in [5.41, 5.74) is 1.64. The van der Waals surface area contributed by atoms with Crippen LogP contribution < -0.4 is 10.1 Å². The molecule has 1 aliphatic heterocycles. The first-order valence-corrected chi connectivity index (χ1v) is 8.33. The number of carbonyl (C=O) groups is 1. The molecular weight excluding hydrogens is 322 g/mol. The van der Waals surface area contributed by atoms with Crippen molar-refractivity contribution in [2.75, 3.05) is 0 Å². The summed E-state index contributed by atoms with van der Waals surface area (Å²) in [6.07, 6.45) is 4.06. The molecule has 0 saturated carbocycles. The minimum Gasteiger partial charge on any atom is -0.487 e. The third kappa shape index (κ3) is 3.98. The number of ether oxygens (including phenoxy) is 1. The number of fused-ring (bicyclic) bond motifs is 1. The Balaban J connectivity index is 1.73. The zero-order valence-corrected chi connectivity index (χ0v) is 14.5. The molecule has 2 aromatic carbocycles. The molecule has 3 rings (SSSR count). The van der Waals surface area contributed by atoms with Crippen LogP contribution in [0, 0.1) is 0 Å². The maximum Gasteiger partial charge on any atom is 0.244 e. The van der Waals surface area contributed by atoms with E-state index in [0.29, 0.717) is 5.02 Å². The number of benzene rings is 2. The largest absolute Gasteiger partial charge is 0.487 e. The Morgan fingerprint density at radius 1 is 1.21 bits per heavy atom. The molecule has 2 aromatic rings. The van der Waals surface area contributed by atoms with Crippen molar-refractivity contribution in [2.45, 2.75) is 31.9 Å². The molecule has 0 bridgehead atoms. The number of para-hydroxylation sites is 1. The monoisotopic (exact) mass is 341 g/mol. The van der Waals surface area contributed by atoms with Crippen molar-refractivity contribution in [1.82, 2.24) is 5.32 Å². The lowest BCUT2D eigenvalue weighted by atomic mass is 9.89. The van der Waals surface area contributed by atoms with Crippen molar-refractivity contribution in [3.8, 4) is 5.75 Å². The van der Waals surface area contributed by atoms with Crippen molar-refractivity contribution in [3.63, 3.8) is 0 Å². The third-order valence-corrected chi connectivity index (χ3v) is 4.24. The average Bonchev–Trinajstić information content (AvgIpc) is 2.53. The highest BCUT2D eigenvalue weighted by atomic mass is 35.5. The average molecular weight is 342 g/mol. The lowest BCUT2D eigenvalue weighted by Crippen LogP contribution is -2.40. The smallest absolute Gasteiger partial charge is 0.244 e. The van der Waals surface area contributed by atoms with E-state index in [-0.39, 0.29) is 17.6 Å². The van der Waals surface area contributed by atoms with Gasteiger partial charge in [-0.3, -0.25) is 4.79 Å². The summed E-state index contributed by atoms with van der Waals surface area (Å²) < 4.78 is 5.99. The summed E-state index contributed by atoms with van der Waals surface area (Å²) in [7, 11) is 0. The van der Waals surface area contributed by atoms with Gasteiger partial charge < -0.3 is 10.1 Å². The zero-order valence-electron chi connectivity index (χ0n) is 13.8. The molecule has 1 unspecified atom stereocenters. The first kappa shape index (κ1) is 16.6. The molecule has 1 aliphatic rings. The lowest BCUT2D eigenvalue weighted by molar-refractivity contribution is -0.117. The second kappa shape index (κ2) is 6.70. The molecule has 0 aliphatic carbocycles. The molecule has 1 N–H and O–H groups in total. The molecule has 24 heavy (non-hydrogen) atoms. The van der Waals surface area contributed by atoms with E-state index in [9.17, 15) is 4.79 Å². The van der Waals surface area contributed by atoms with E-state index in [2.05, 4.69) is 5.32 Å². The van der Waals surface area contributed by atoms with Gasteiger partial charge in [-0.15, -0.1) is 0 Å². The molecule has 0 saturated heterocycles. The number of hydrogen-bond acceptors (Lipinski definition) is 2. The molecule has 1 heterocycles. The topological polar surface area (TPSA) is 38.3 Å². The minimum absolute atomic E-state index is 0.0627. The van der Waals surface area contributed by atoms with Gasteiger partial charge >= 0.3 is 0 Å². The van der Waals surface area contributed by atoms with Crippen LogP contribution in [0.1, 0.15) is 37.4 Å². The first-order valence-electron chi connectivity index (χ1n) is 7.95. The van der Waals surface area contributed by atoms with Gasteiger partial charge in [0.25, 0.3) is 0 Å². The quantitative estimate of drug-likeness (QED) is 0.816. The van der Waals surface area contributed by atoms with Crippen molar-refractivity contribution in [1.29, 1.82) is 0 Å². The molecule has 0 aromatic heterocycles. The van der Waals surface area contributed by atoms with Gasteiger partial charge in [-0.05, 0) is 43.7 Å². The second-order valence-corrected chi connectivity index (χ2v) is 6.99. The first-order chi connectivity index (χ1) is 11.4. The Morgan fingerprint density at radius 2 is 1.92 bits per heavy atom. The van der Waals surface area contributed by atoms with E-state index >= 15 is 0 Å². The molecule has 4 heteroatoms. The third-order valence-electron chi connectivity index (χ3n) is 3.99. The Hall–Kier alpha value is -2.26. The number of carbonyl (C=O) groups excluding carboxylic acids is 1. The normalized spacial score (nSPS) is 18.7. The highest BCUT2D eigenvalue weighted by molar-refractivity contribution is 6.30. The summed E-state index contributed by atoms with van der Waals surface area (Å²) >= 11 is 5.86. The number of amides is 1. The highest BCUT2D eigenvalue weighted by Gasteiger charge is 2.33. The standard InChI is InChI=1S/C20H20ClNO2/c1-20(2)13-17(16-5-3-4-6-18(16)24-20)22-19(23)12-9-14-7-10-15(21)11-8-14/h3-12,17H,13H2,1-2H3,(H,22,23)/b12-9+. The summed E-state index contributed by atoms with van der Waals surface area (Å²) in [5, 5.41) is 3.76.